The zero-order chi connectivity index (χ0) is 13.6. The van der Waals surface area contributed by atoms with Crippen LogP contribution < -0.4 is 9.44 Å². The highest BCUT2D eigenvalue weighted by molar-refractivity contribution is 7.88. The van der Waals surface area contributed by atoms with Gasteiger partial charge in [-0.2, -0.15) is 13.1 Å². The van der Waals surface area contributed by atoms with Crippen LogP contribution in [0.25, 0.3) is 0 Å². The molecule has 0 radical (unpaired) electrons. The van der Waals surface area contributed by atoms with Crippen LogP contribution in [0.15, 0.2) is 24.3 Å². The molecular weight excluding hydrogens is 260 g/mol. The minimum absolute atomic E-state index is 0.0325. The van der Waals surface area contributed by atoms with Crippen molar-refractivity contribution in [1.82, 2.24) is 9.44 Å². The summed E-state index contributed by atoms with van der Waals surface area (Å²) in [5, 5.41) is 9.19. The van der Waals surface area contributed by atoms with Gasteiger partial charge in [-0.15, -0.1) is 0 Å². The van der Waals surface area contributed by atoms with Crippen LogP contribution in [-0.4, -0.2) is 26.2 Å². The van der Waals surface area contributed by atoms with Crippen LogP contribution >= 0.6 is 0 Å². The highest BCUT2D eigenvalue weighted by Crippen LogP contribution is 2.10. The van der Waals surface area contributed by atoms with E-state index >= 15 is 0 Å². The fourth-order valence-corrected chi connectivity index (χ4v) is 1.86. The SMILES string of the molecule is CCOC(=O)NS(=O)(=O)NCc1cccc(O)c1. The molecule has 0 spiro atoms. The summed E-state index contributed by atoms with van der Waals surface area (Å²) in [5.41, 5.74) is 0.559. The molecule has 0 atom stereocenters. The van der Waals surface area contributed by atoms with E-state index in [1.807, 2.05) is 0 Å². The van der Waals surface area contributed by atoms with Gasteiger partial charge >= 0.3 is 16.3 Å². The molecule has 1 amide bonds. The first-order chi connectivity index (χ1) is 8.43. The van der Waals surface area contributed by atoms with Gasteiger partial charge in [0.05, 0.1) is 6.61 Å². The van der Waals surface area contributed by atoms with E-state index in [-0.39, 0.29) is 18.9 Å². The Morgan fingerprint density at radius 2 is 2.17 bits per heavy atom. The molecule has 0 unspecified atom stereocenters. The molecule has 1 aromatic carbocycles. The predicted molar refractivity (Wildman–Crippen MR) is 64.0 cm³/mol. The summed E-state index contributed by atoms with van der Waals surface area (Å²) in [6.07, 6.45) is -1.04. The first-order valence-corrected chi connectivity index (χ1v) is 6.63. The first kappa shape index (κ1) is 14.3. The van der Waals surface area contributed by atoms with Gasteiger partial charge in [0.1, 0.15) is 5.75 Å². The molecule has 8 heteroatoms. The molecule has 18 heavy (non-hydrogen) atoms. The minimum Gasteiger partial charge on any atom is -0.508 e. The Labute approximate surface area is 105 Å². The van der Waals surface area contributed by atoms with E-state index in [0.29, 0.717) is 5.56 Å². The number of phenols is 1. The average Bonchev–Trinajstić information content (AvgIpc) is 2.26. The van der Waals surface area contributed by atoms with Gasteiger partial charge in [-0.1, -0.05) is 12.1 Å². The number of amides is 1. The summed E-state index contributed by atoms with van der Waals surface area (Å²) in [5.74, 6) is 0.0325. The lowest BCUT2D eigenvalue weighted by Gasteiger charge is -2.08. The quantitative estimate of drug-likeness (QED) is 0.724. The van der Waals surface area contributed by atoms with Crippen molar-refractivity contribution in [3.63, 3.8) is 0 Å². The van der Waals surface area contributed by atoms with Crippen molar-refractivity contribution in [2.75, 3.05) is 6.61 Å². The van der Waals surface area contributed by atoms with Gasteiger partial charge in [-0.05, 0) is 24.6 Å². The van der Waals surface area contributed by atoms with Crippen molar-refractivity contribution in [2.45, 2.75) is 13.5 Å². The summed E-state index contributed by atoms with van der Waals surface area (Å²) in [6.45, 7) is 1.59. The van der Waals surface area contributed by atoms with Crippen molar-refractivity contribution in [3.8, 4) is 5.75 Å². The van der Waals surface area contributed by atoms with Gasteiger partial charge in [0.15, 0.2) is 0 Å². The van der Waals surface area contributed by atoms with Crippen LogP contribution in [0.2, 0.25) is 0 Å². The molecule has 3 N–H and O–H groups in total. The normalized spacial score (nSPS) is 10.9. The van der Waals surface area contributed by atoms with Crippen LogP contribution in [0.4, 0.5) is 4.79 Å². The number of rotatable bonds is 5. The Morgan fingerprint density at radius 1 is 1.44 bits per heavy atom. The molecule has 0 bridgehead atoms. The topological polar surface area (TPSA) is 105 Å². The Hall–Kier alpha value is -1.80. The van der Waals surface area contributed by atoms with Gasteiger partial charge in [0, 0.05) is 6.54 Å². The van der Waals surface area contributed by atoms with E-state index in [4.69, 9.17) is 0 Å². The van der Waals surface area contributed by atoms with Gasteiger partial charge in [0.2, 0.25) is 0 Å². The van der Waals surface area contributed by atoms with Gasteiger partial charge in [-0.3, -0.25) is 0 Å². The number of carbonyl (C=O) groups excluding carboxylic acids is 1. The fourth-order valence-electron chi connectivity index (χ4n) is 1.15. The van der Waals surface area contributed by atoms with Crippen LogP contribution in [0.3, 0.4) is 0 Å². The smallest absolute Gasteiger partial charge is 0.421 e. The maximum absolute atomic E-state index is 11.4. The van der Waals surface area contributed by atoms with E-state index in [1.165, 1.54) is 12.1 Å². The highest BCUT2D eigenvalue weighted by Gasteiger charge is 2.14. The highest BCUT2D eigenvalue weighted by atomic mass is 32.2. The Bertz CT molecular complexity index is 515. The van der Waals surface area contributed by atoms with Gasteiger partial charge < -0.3 is 9.84 Å². The van der Waals surface area contributed by atoms with Crippen LogP contribution in [-0.2, 0) is 21.5 Å². The molecular formula is C10H14N2O5S. The van der Waals surface area contributed by atoms with E-state index in [9.17, 15) is 18.3 Å². The zero-order valence-corrected chi connectivity index (χ0v) is 10.5. The molecule has 0 aliphatic carbocycles. The van der Waals surface area contributed by atoms with Crippen LogP contribution in [0.1, 0.15) is 12.5 Å². The number of ether oxygens (including phenoxy) is 1. The molecule has 0 aromatic heterocycles. The summed E-state index contributed by atoms with van der Waals surface area (Å²) in [4.78, 5) is 10.9. The lowest BCUT2D eigenvalue weighted by atomic mass is 10.2. The monoisotopic (exact) mass is 274 g/mol. The number of carbonyl (C=O) groups is 1. The van der Waals surface area contributed by atoms with E-state index in [2.05, 4.69) is 9.46 Å². The number of hydrogen-bond acceptors (Lipinski definition) is 5. The maximum Gasteiger partial charge on any atom is 0.421 e. The number of hydrogen-bond donors (Lipinski definition) is 3. The average molecular weight is 274 g/mol. The minimum atomic E-state index is -3.97. The summed E-state index contributed by atoms with van der Waals surface area (Å²) in [7, 11) is -3.97. The lowest BCUT2D eigenvalue weighted by Crippen LogP contribution is -2.40. The third kappa shape index (κ3) is 5.02. The van der Waals surface area contributed by atoms with E-state index < -0.39 is 16.3 Å². The maximum atomic E-state index is 11.4. The molecule has 1 rings (SSSR count). The fraction of sp³-hybridized carbons (Fsp3) is 0.300. The van der Waals surface area contributed by atoms with Crippen LogP contribution in [0, 0.1) is 0 Å². The van der Waals surface area contributed by atoms with E-state index in [0.717, 1.165) is 0 Å². The second-order valence-corrected chi connectivity index (χ2v) is 4.82. The second kappa shape index (κ2) is 6.22. The largest absolute Gasteiger partial charge is 0.508 e. The number of aromatic hydroxyl groups is 1. The summed E-state index contributed by atoms with van der Waals surface area (Å²) < 4.78 is 31.0. The lowest BCUT2D eigenvalue weighted by molar-refractivity contribution is 0.158. The zero-order valence-electron chi connectivity index (χ0n) is 9.71. The molecule has 0 saturated carbocycles. The molecule has 0 heterocycles. The number of phenolic OH excluding ortho intramolecular Hbond substituents is 1. The van der Waals surface area contributed by atoms with Crippen molar-refractivity contribution < 1.29 is 23.1 Å². The van der Waals surface area contributed by atoms with Gasteiger partial charge in [-0.25, -0.2) is 9.52 Å². The third-order valence-corrected chi connectivity index (χ3v) is 2.83. The molecule has 1 aromatic rings. The summed E-state index contributed by atoms with van der Waals surface area (Å²) >= 11 is 0. The van der Waals surface area contributed by atoms with Gasteiger partial charge in [0.25, 0.3) is 0 Å². The first-order valence-electron chi connectivity index (χ1n) is 5.15. The summed E-state index contributed by atoms with van der Waals surface area (Å²) in [6, 6.07) is 6.09. The Kier molecular flexibility index (Phi) is 4.93. The van der Waals surface area contributed by atoms with Crippen molar-refractivity contribution >= 4 is 16.3 Å². The molecule has 0 aliphatic heterocycles. The van der Waals surface area contributed by atoms with Crippen molar-refractivity contribution in [3.05, 3.63) is 29.8 Å². The predicted octanol–water partition coefficient (Wildman–Crippen LogP) is 0.473. The molecule has 0 fully saturated rings. The second-order valence-electron chi connectivity index (χ2n) is 3.32. The molecule has 0 saturated heterocycles. The van der Waals surface area contributed by atoms with Crippen molar-refractivity contribution in [2.24, 2.45) is 0 Å². The standard InChI is InChI=1S/C10H14N2O5S/c1-2-17-10(14)12-18(15,16)11-7-8-4-3-5-9(13)6-8/h3-6,11,13H,2,7H2,1H3,(H,12,14). The molecule has 100 valence electrons. The molecule has 0 aliphatic rings. The Balaban J connectivity index is 2.54. The van der Waals surface area contributed by atoms with Crippen molar-refractivity contribution in [1.29, 1.82) is 0 Å². The van der Waals surface area contributed by atoms with Crippen LogP contribution in [0.5, 0.6) is 5.75 Å². The Morgan fingerprint density at radius 3 is 2.78 bits per heavy atom. The van der Waals surface area contributed by atoms with E-state index in [1.54, 1.807) is 23.8 Å². The number of nitrogens with one attached hydrogen (secondary N) is 2. The molecule has 7 nitrogen and oxygen atoms in total. The third-order valence-electron chi connectivity index (χ3n) is 1.87. The number of benzene rings is 1.